The lowest BCUT2D eigenvalue weighted by Crippen LogP contribution is -1.81. The van der Waals surface area contributed by atoms with Crippen LogP contribution < -0.4 is 0 Å². The maximum Gasteiger partial charge on any atom is -0.0227 e. The first-order valence-corrected chi connectivity index (χ1v) is 7.05. The van der Waals surface area contributed by atoms with Crippen LogP contribution in [-0.2, 0) is 0 Å². The Kier molecular flexibility index (Phi) is 4.57. The Labute approximate surface area is 122 Å². The van der Waals surface area contributed by atoms with Crippen molar-refractivity contribution in [2.45, 2.75) is 27.7 Å². The van der Waals surface area contributed by atoms with Gasteiger partial charge in [0.25, 0.3) is 0 Å². The van der Waals surface area contributed by atoms with Crippen LogP contribution in [0.4, 0.5) is 0 Å². The Balaban J connectivity index is 2.19. The molecule has 20 heavy (non-hydrogen) atoms. The van der Waals surface area contributed by atoms with Crippen LogP contribution in [0, 0.1) is 13.8 Å². The number of hydrogen-bond donors (Lipinski definition) is 0. The molecule has 0 fully saturated rings. The minimum Gasteiger partial charge on any atom is -0.0587 e. The molecule has 0 heterocycles. The summed E-state index contributed by atoms with van der Waals surface area (Å²) in [7, 11) is 0. The molecule has 102 valence electrons. The smallest absolute Gasteiger partial charge is 0.0227 e. The van der Waals surface area contributed by atoms with Crippen molar-refractivity contribution in [2.24, 2.45) is 0 Å². The van der Waals surface area contributed by atoms with Crippen LogP contribution in [0.1, 0.15) is 36.1 Å². The van der Waals surface area contributed by atoms with Gasteiger partial charge in [0.1, 0.15) is 0 Å². The lowest BCUT2D eigenvalue weighted by molar-refractivity contribution is 1.44. The van der Waals surface area contributed by atoms with Gasteiger partial charge in [-0.2, -0.15) is 0 Å². The van der Waals surface area contributed by atoms with E-state index in [0.717, 1.165) is 0 Å². The Morgan fingerprint density at radius 1 is 0.600 bits per heavy atom. The lowest BCUT2D eigenvalue weighted by Gasteiger charge is -2.03. The van der Waals surface area contributed by atoms with Gasteiger partial charge in [0.15, 0.2) is 0 Å². The number of allylic oxidation sites excluding steroid dienone is 4. The topological polar surface area (TPSA) is 0 Å². The summed E-state index contributed by atoms with van der Waals surface area (Å²) in [5, 5.41) is 0. The Bertz CT molecular complexity index is 563. The molecular formula is C20H22. The van der Waals surface area contributed by atoms with Crippen molar-refractivity contribution < 1.29 is 0 Å². The molecule has 2 rings (SSSR count). The first kappa shape index (κ1) is 14.3. The zero-order valence-corrected chi connectivity index (χ0v) is 12.8. The number of aryl methyl sites for hydroxylation is 2. The predicted molar refractivity (Wildman–Crippen MR) is 89.7 cm³/mol. The molecule has 0 radical (unpaired) electrons. The summed E-state index contributed by atoms with van der Waals surface area (Å²) in [6.45, 7) is 8.54. The highest BCUT2D eigenvalue weighted by Gasteiger charge is 1.96. The van der Waals surface area contributed by atoms with Gasteiger partial charge < -0.3 is 0 Å². The van der Waals surface area contributed by atoms with Gasteiger partial charge in [0, 0.05) is 0 Å². The van der Waals surface area contributed by atoms with Crippen LogP contribution in [-0.4, -0.2) is 0 Å². The van der Waals surface area contributed by atoms with Crippen LogP contribution in [0.5, 0.6) is 0 Å². The number of benzene rings is 2. The molecule has 0 aliphatic rings. The maximum atomic E-state index is 2.19. The molecule has 0 amide bonds. The minimum absolute atomic E-state index is 1.28. The van der Waals surface area contributed by atoms with Crippen molar-refractivity contribution in [3.8, 4) is 0 Å². The molecule has 2 aromatic carbocycles. The van der Waals surface area contributed by atoms with Gasteiger partial charge in [-0.05, 0) is 50.0 Å². The highest BCUT2D eigenvalue weighted by molar-refractivity contribution is 5.71. The Morgan fingerprint density at radius 2 is 0.900 bits per heavy atom. The Morgan fingerprint density at radius 3 is 1.20 bits per heavy atom. The van der Waals surface area contributed by atoms with Gasteiger partial charge in [0.05, 0.1) is 0 Å². The van der Waals surface area contributed by atoms with Gasteiger partial charge in [0.2, 0.25) is 0 Å². The average Bonchev–Trinajstić information content (AvgIpc) is 2.46. The second-order valence-corrected chi connectivity index (χ2v) is 5.43. The molecule has 2 aromatic rings. The van der Waals surface area contributed by atoms with Gasteiger partial charge in [-0.1, -0.05) is 71.8 Å². The standard InChI is InChI=1S/C20H22/c1-15-5-11-19(12-6-15)17(3)9-10-18(4)20-13-7-16(2)8-14-20/h5-14H,1-4H3/b17-9+,18-10+. The SMILES string of the molecule is C/C(=C\C=C(/C)c1ccc(C)cc1)c1ccc(C)cc1. The Hall–Kier alpha value is -2.08. The van der Waals surface area contributed by atoms with Crippen LogP contribution >= 0.6 is 0 Å². The summed E-state index contributed by atoms with van der Waals surface area (Å²) >= 11 is 0. The van der Waals surface area contributed by atoms with Crippen LogP contribution in [0.3, 0.4) is 0 Å². The van der Waals surface area contributed by atoms with E-state index in [-0.39, 0.29) is 0 Å². The zero-order chi connectivity index (χ0) is 14.5. The van der Waals surface area contributed by atoms with Crippen molar-refractivity contribution in [2.75, 3.05) is 0 Å². The van der Waals surface area contributed by atoms with Crippen molar-refractivity contribution in [1.82, 2.24) is 0 Å². The summed E-state index contributed by atoms with van der Waals surface area (Å²) in [6, 6.07) is 17.3. The quantitative estimate of drug-likeness (QED) is 0.612. The fourth-order valence-corrected chi connectivity index (χ4v) is 2.08. The second kappa shape index (κ2) is 6.38. The molecule has 0 atom stereocenters. The molecule has 0 bridgehead atoms. The van der Waals surface area contributed by atoms with Crippen molar-refractivity contribution in [3.05, 3.63) is 82.9 Å². The summed E-state index contributed by atoms with van der Waals surface area (Å²) in [5.41, 5.74) is 7.74. The normalized spacial score (nSPS) is 12.6. The highest BCUT2D eigenvalue weighted by Crippen LogP contribution is 2.18. The van der Waals surface area contributed by atoms with E-state index in [0.29, 0.717) is 0 Å². The highest BCUT2D eigenvalue weighted by atomic mass is 14.0. The minimum atomic E-state index is 1.28. The first-order valence-electron chi connectivity index (χ1n) is 7.05. The molecule has 0 aliphatic heterocycles. The number of rotatable bonds is 3. The third-order valence-electron chi connectivity index (χ3n) is 3.60. The van der Waals surface area contributed by atoms with Gasteiger partial charge >= 0.3 is 0 Å². The maximum absolute atomic E-state index is 2.19. The summed E-state index contributed by atoms with van der Waals surface area (Å²) in [5.74, 6) is 0. The predicted octanol–water partition coefficient (Wildman–Crippen LogP) is 5.81. The molecule has 0 aliphatic carbocycles. The summed E-state index contributed by atoms with van der Waals surface area (Å²) < 4.78 is 0. The first-order chi connectivity index (χ1) is 9.56. The van der Waals surface area contributed by atoms with Crippen molar-refractivity contribution in [3.63, 3.8) is 0 Å². The molecular weight excluding hydrogens is 240 g/mol. The van der Waals surface area contributed by atoms with E-state index < -0.39 is 0 Å². The molecule has 0 saturated heterocycles. The van der Waals surface area contributed by atoms with E-state index in [1.165, 1.54) is 33.4 Å². The summed E-state index contributed by atoms with van der Waals surface area (Å²) in [4.78, 5) is 0. The molecule has 0 saturated carbocycles. The summed E-state index contributed by atoms with van der Waals surface area (Å²) in [6.07, 6.45) is 4.39. The second-order valence-electron chi connectivity index (χ2n) is 5.43. The van der Waals surface area contributed by atoms with E-state index in [2.05, 4.69) is 88.4 Å². The largest absolute Gasteiger partial charge is 0.0587 e. The van der Waals surface area contributed by atoms with Crippen LogP contribution in [0.15, 0.2) is 60.7 Å². The molecule has 0 N–H and O–H groups in total. The zero-order valence-electron chi connectivity index (χ0n) is 12.8. The van der Waals surface area contributed by atoms with Gasteiger partial charge in [-0.15, -0.1) is 0 Å². The third-order valence-corrected chi connectivity index (χ3v) is 3.60. The monoisotopic (exact) mass is 262 g/mol. The fraction of sp³-hybridized carbons (Fsp3) is 0.200. The van der Waals surface area contributed by atoms with E-state index in [1.54, 1.807) is 0 Å². The average molecular weight is 262 g/mol. The number of hydrogen-bond acceptors (Lipinski definition) is 0. The lowest BCUT2D eigenvalue weighted by atomic mass is 10.0. The molecule has 0 aromatic heterocycles. The molecule has 0 unspecified atom stereocenters. The van der Waals surface area contributed by atoms with Gasteiger partial charge in [-0.25, -0.2) is 0 Å². The van der Waals surface area contributed by atoms with E-state index in [9.17, 15) is 0 Å². The molecule has 0 heteroatoms. The van der Waals surface area contributed by atoms with Crippen LogP contribution in [0.2, 0.25) is 0 Å². The van der Waals surface area contributed by atoms with Crippen molar-refractivity contribution >= 4 is 11.1 Å². The van der Waals surface area contributed by atoms with Crippen molar-refractivity contribution in [1.29, 1.82) is 0 Å². The van der Waals surface area contributed by atoms with Gasteiger partial charge in [-0.3, -0.25) is 0 Å². The van der Waals surface area contributed by atoms with E-state index >= 15 is 0 Å². The third kappa shape index (κ3) is 3.71. The molecule has 0 nitrogen and oxygen atoms in total. The van der Waals surface area contributed by atoms with E-state index in [4.69, 9.17) is 0 Å². The molecule has 0 spiro atoms. The van der Waals surface area contributed by atoms with E-state index in [1.807, 2.05) is 0 Å². The van der Waals surface area contributed by atoms with Crippen LogP contribution in [0.25, 0.3) is 11.1 Å². The fourth-order valence-electron chi connectivity index (χ4n) is 2.08.